The quantitative estimate of drug-likeness (QED) is 0.656. The highest BCUT2D eigenvalue weighted by Gasteiger charge is 2.24. The first-order valence-corrected chi connectivity index (χ1v) is 9.52. The van der Waals surface area contributed by atoms with E-state index >= 15 is 0 Å². The number of amides is 1. The molecule has 1 aliphatic rings. The van der Waals surface area contributed by atoms with Crippen molar-refractivity contribution in [2.24, 2.45) is 5.92 Å². The SMILES string of the molecule is CCC1CCc2c(C(=O)Nc3ccc4ccccc4c3)csc2C1. The van der Waals surface area contributed by atoms with E-state index in [1.807, 2.05) is 29.6 Å². The van der Waals surface area contributed by atoms with Gasteiger partial charge in [-0.15, -0.1) is 11.3 Å². The number of nitrogens with one attached hydrogen (secondary N) is 1. The summed E-state index contributed by atoms with van der Waals surface area (Å²) >= 11 is 1.75. The summed E-state index contributed by atoms with van der Waals surface area (Å²) in [6, 6.07) is 14.3. The molecule has 4 rings (SSSR count). The van der Waals surface area contributed by atoms with Crippen LogP contribution in [-0.4, -0.2) is 5.91 Å². The number of anilines is 1. The minimum Gasteiger partial charge on any atom is -0.322 e. The Bertz CT molecular complexity index is 896. The van der Waals surface area contributed by atoms with Crippen molar-refractivity contribution in [2.45, 2.75) is 32.6 Å². The molecule has 1 aromatic heterocycles. The molecule has 2 nitrogen and oxygen atoms in total. The molecule has 3 aromatic rings. The standard InChI is InChI=1S/C21H21NOS/c1-2-14-7-10-18-19(13-24-20(18)11-14)21(23)22-17-9-8-15-5-3-4-6-16(15)12-17/h3-6,8-9,12-14H,2,7,10-11H2,1H3,(H,22,23). The van der Waals surface area contributed by atoms with E-state index in [1.54, 1.807) is 11.3 Å². The minimum atomic E-state index is 0.0257. The maximum absolute atomic E-state index is 12.7. The third kappa shape index (κ3) is 2.84. The van der Waals surface area contributed by atoms with E-state index in [0.717, 1.165) is 35.4 Å². The van der Waals surface area contributed by atoms with E-state index in [2.05, 4.69) is 30.4 Å². The van der Waals surface area contributed by atoms with Gasteiger partial charge in [-0.05, 0) is 53.6 Å². The predicted molar refractivity (Wildman–Crippen MR) is 102 cm³/mol. The van der Waals surface area contributed by atoms with Crippen molar-refractivity contribution in [2.75, 3.05) is 5.32 Å². The molecule has 1 aliphatic carbocycles. The first kappa shape index (κ1) is 15.4. The Morgan fingerprint density at radius 3 is 2.88 bits per heavy atom. The van der Waals surface area contributed by atoms with Crippen LogP contribution in [0, 0.1) is 5.92 Å². The van der Waals surface area contributed by atoms with Crippen LogP contribution in [0.25, 0.3) is 10.8 Å². The van der Waals surface area contributed by atoms with E-state index < -0.39 is 0 Å². The van der Waals surface area contributed by atoms with E-state index in [1.165, 1.54) is 28.7 Å². The first-order valence-electron chi connectivity index (χ1n) is 8.64. The minimum absolute atomic E-state index is 0.0257. The second-order valence-electron chi connectivity index (χ2n) is 6.58. The Labute approximate surface area is 146 Å². The van der Waals surface area contributed by atoms with Gasteiger partial charge in [0.15, 0.2) is 0 Å². The molecule has 0 aliphatic heterocycles. The number of rotatable bonds is 3. The number of fused-ring (bicyclic) bond motifs is 2. The van der Waals surface area contributed by atoms with Crippen LogP contribution in [0.2, 0.25) is 0 Å². The molecule has 0 spiro atoms. The van der Waals surface area contributed by atoms with Crippen LogP contribution in [0.3, 0.4) is 0 Å². The van der Waals surface area contributed by atoms with Crippen LogP contribution < -0.4 is 5.32 Å². The molecule has 0 saturated carbocycles. The molecule has 0 saturated heterocycles. The molecular weight excluding hydrogens is 314 g/mol. The number of hydrogen-bond acceptors (Lipinski definition) is 2. The van der Waals surface area contributed by atoms with Gasteiger partial charge in [0.2, 0.25) is 0 Å². The molecule has 3 heteroatoms. The van der Waals surface area contributed by atoms with E-state index in [9.17, 15) is 4.79 Å². The topological polar surface area (TPSA) is 29.1 Å². The average molecular weight is 335 g/mol. The Morgan fingerprint density at radius 2 is 2.04 bits per heavy atom. The molecule has 122 valence electrons. The van der Waals surface area contributed by atoms with E-state index in [-0.39, 0.29) is 5.91 Å². The Hall–Kier alpha value is -2.13. The van der Waals surface area contributed by atoms with Gasteiger partial charge in [-0.2, -0.15) is 0 Å². The monoisotopic (exact) mass is 335 g/mol. The van der Waals surface area contributed by atoms with Gasteiger partial charge in [0.05, 0.1) is 5.56 Å². The summed E-state index contributed by atoms with van der Waals surface area (Å²) in [5, 5.41) is 7.46. The number of carbonyl (C=O) groups excluding carboxylic acids is 1. The zero-order chi connectivity index (χ0) is 16.5. The molecular formula is C21H21NOS. The number of hydrogen-bond donors (Lipinski definition) is 1. The van der Waals surface area contributed by atoms with Crippen molar-refractivity contribution in [3.05, 3.63) is 63.8 Å². The summed E-state index contributed by atoms with van der Waals surface area (Å²) < 4.78 is 0. The summed E-state index contributed by atoms with van der Waals surface area (Å²) in [6.07, 6.45) is 4.62. The lowest BCUT2D eigenvalue weighted by atomic mass is 9.86. The number of carbonyl (C=O) groups is 1. The van der Waals surface area contributed by atoms with Crippen LogP contribution in [0.5, 0.6) is 0 Å². The van der Waals surface area contributed by atoms with Gasteiger partial charge in [-0.25, -0.2) is 0 Å². The Balaban J connectivity index is 1.57. The predicted octanol–water partition coefficient (Wildman–Crippen LogP) is 5.67. The molecule has 1 N–H and O–H groups in total. The third-order valence-corrected chi connectivity index (χ3v) is 6.14. The van der Waals surface area contributed by atoms with Gasteiger partial charge in [0.1, 0.15) is 0 Å². The van der Waals surface area contributed by atoms with Crippen molar-refractivity contribution in [3.8, 4) is 0 Å². The second kappa shape index (κ2) is 6.40. The normalized spacial score (nSPS) is 16.8. The molecule has 1 unspecified atom stereocenters. The Morgan fingerprint density at radius 1 is 1.21 bits per heavy atom. The van der Waals surface area contributed by atoms with Crippen molar-refractivity contribution in [3.63, 3.8) is 0 Å². The van der Waals surface area contributed by atoms with Crippen molar-refractivity contribution in [1.82, 2.24) is 0 Å². The van der Waals surface area contributed by atoms with E-state index in [4.69, 9.17) is 0 Å². The Kier molecular flexibility index (Phi) is 4.11. The lowest BCUT2D eigenvalue weighted by Crippen LogP contribution is -2.17. The molecule has 0 fully saturated rings. The molecule has 0 bridgehead atoms. The van der Waals surface area contributed by atoms with Crippen molar-refractivity contribution in [1.29, 1.82) is 0 Å². The highest BCUT2D eigenvalue weighted by Crippen LogP contribution is 2.34. The van der Waals surface area contributed by atoms with Crippen LogP contribution in [0.15, 0.2) is 47.8 Å². The molecule has 2 aromatic carbocycles. The summed E-state index contributed by atoms with van der Waals surface area (Å²) in [5.74, 6) is 0.810. The van der Waals surface area contributed by atoms with Crippen LogP contribution in [-0.2, 0) is 12.8 Å². The van der Waals surface area contributed by atoms with Crippen molar-refractivity contribution < 1.29 is 4.79 Å². The summed E-state index contributed by atoms with van der Waals surface area (Å²) in [7, 11) is 0. The number of thiophene rings is 1. The fourth-order valence-corrected chi connectivity index (χ4v) is 4.78. The summed E-state index contributed by atoms with van der Waals surface area (Å²) in [6.45, 7) is 2.26. The van der Waals surface area contributed by atoms with Gasteiger partial charge in [0, 0.05) is 15.9 Å². The highest BCUT2D eigenvalue weighted by atomic mass is 32.1. The second-order valence-corrected chi connectivity index (χ2v) is 7.55. The molecule has 1 amide bonds. The maximum atomic E-state index is 12.7. The number of benzene rings is 2. The van der Waals surface area contributed by atoms with Gasteiger partial charge >= 0.3 is 0 Å². The zero-order valence-corrected chi connectivity index (χ0v) is 14.7. The van der Waals surface area contributed by atoms with Gasteiger partial charge in [-0.1, -0.05) is 43.7 Å². The lowest BCUT2D eigenvalue weighted by Gasteiger charge is -2.21. The maximum Gasteiger partial charge on any atom is 0.256 e. The van der Waals surface area contributed by atoms with Crippen LogP contribution >= 0.6 is 11.3 Å². The van der Waals surface area contributed by atoms with Crippen LogP contribution in [0.4, 0.5) is 5.69 Å². The van der Waals surface area contributed by atoms with Crippen LogP contribution in [0.1, 0.15) is 40.6 Å². The smallest absolute Gasteiger partial charge is 0.256 e. The molecule has 0 radical (unpaired) electrons. The summed E-state index contributed by atoms with van der Waals surface area (Å²) in [5.41, 5.74) is 3.02. The summed E-state index contributed by atoms with van der Waals surface area (Å²) in [4.78, 5) is 14.1. The zero-order valence-electron chi connectivity index (χ0n) is 13.8. The van der Waals surface area contributed by atoms with Gasteiger partial charge < -0.3 is 5.32 Å². The van der Waals surface area contributed by atoms with Gasteiger partial charge in [-0.3, -0.25) is 4.79 Å². The first-order chi connectivity index (χ1) is 11.7. The average Bonchev–Trinajstić information content (AvgIpc) is 3.04. The highest BCUT2D eigenvalue weighted by molar-refractivity contribution is 7.10. The molecule has 1 atom stereocenters. The van der Waals surface area contributed by atoms with Gasteiger partial charge in [0.25, 0.3) is 5.91 Å². The third-order valence-electron chi connectivity index (χ3n) is 5.09. The van der Waals surface area contributed by atoms with Crippen molar-refractivity contribution >= 4 is 33.7 Å². The van der Waals surface area contributed by atoms with E-state index in [0.29, 0.717) is 0 Å². The molecule has 1 heterocycles. The lowest BCUT2D eigenvalue weighted by molar-refractivity contribution is 0.102. The fraction of sp³-hybridized carbons (Fsp3) is 0.286. The largest absolute Gasteiger partial charge is 0.322 e. The molecule has 24 heavy (non-hydrogen) atoms. The fourth-order valence-electron chi connectivity index (χ4n) is 3.59.